The van der Waals surface area contributed by atoms with E-state index in [1.807, 2.05) is 6.07 Å². The van der Waals surface area contributed by atoms with E-state index in [1.54, 1.807) is 42.5 Å². The molecular formula is C24H13ClFN3O2. The second kappa shape index (κ2) is 8.34. The van der Waals surface area contributed by atoms with Gasteiger partial charge in [-0.1, -0.05) is 23.7 Å². The average Bonchev–Trinajstić information content (AvgIpc) is 2.77. The Bertz CT molecular complexity index is 1450. The number of benzene rings is 2. The molecule has 2 aromatic heterocycles. The summed E-state index contributed by atoms with van der Waals surface area (Å²) in [5.74, 6) is -1.10. The number of aromatic nitrogens is 2. The summed E-state index contributed by atoms with van der Waals surface area (Å²) in [5, 5.41) is 10.1. The van der Waals surface area contributed by atoms with Gasteiger partial charge in [0.1, 0.15) is 5.82 Å². The number of hydrogen-bond donors (Lipinski definition) is 1. The number of allylic oxidation sites excluding steroid dienone is 1. The molecule has 0 atom stereocenters. The first-order valence-electron chi connectivity index (χ1n) is 9.15. The molecule has 0 unspecified atom stereocenters. The minimum atomic E-state index is -0.568. The van der Waals surface area contributed by atoms with E-state index in [4.69, 9.17) is 16.9 Å². The molecule has 0 aliphatic heterocycles. The zero-order valence-corrected chi connectivity index (χ0v) is 16.7. The molecule has 0 aliphatic rings. The molecule has 2 aromatic carbocycles. The van der Waals surface area contributed by atoms with Gasteiger partial charge in [-0.25, -0.2) is 4.39 Å². The predicted molar refractivity (Wildman–Crippen MR) is 117 cm³/mol. The molecule has 0 saturated carbocycles. The number of ketones is 1. The van der Waals surface area contributed by atoms with Gasteiger partial charge in [0.2, 0.25) is 0 Å². The lowest BCUT2D eigenvalue weighted by atomic mass is 9.93. The van der Waals surface area contributed by atoms with Crippen molar-refractivity contribution in [3.8, 4) is 17.2 Å². The Kier molecular flexibility index (Phi) is 5.44. The maximum Gasteiger partial charge on any atom is 0.260 e. The lowest BCUT2D eigenvalue weighted by Gasteiger charge is -2.12. The molecule has 4 aromatic rings. The van der Waals surface area contributed by atoms with E-state index in [1.165, 1.54) is 24.4 Å². The van der Waals surface area contributed by atoms with Gasteiger partial charge in [0, 0.05) is 27.7 Å². The molecule has 0 aliphatic carbocycles. The number of aromatic amines is 1. The number of carbonyl (C=O) groups is 1. The highest BCUT2D eigenvalue weighted by Crippen LogP contribution is 2.32. The second-order valence-corrected chi connectivity index (χ2v) is 7.15. The van der Waals surface area contributed by atoms with Crippen LogP contribution < -0.4 is 5.56 Å². The van der Waals surface area contributed by atoms with Crippen molar-refractivity contribution >= 4 is 34.4 Å². The van der Waals surface area contributed by atoms with E-state index in [-0.39, 0.29) is 5.56 Å². The molecule has 1 N–H and O–H groups in total. The van der Waals surface area contributed by atoms with Crippen LogP contribution >= 0.6 is 11.6 Å². The third kappa shape index (κ3) is 4.13. The van der Waals surface area contributed by atoms with Crippen LogP contribution in [0.5, 0.6) is 0 Å². The fraction of sp³-hybridized carbons (Fsp3) is 0. The van der Waals surface area contributed by atoms with E-state index in [0.29, 0.717) is 38.2 Å². The van der Waals surface area contributed by atoms with Gasteiger partial charge in [-0.2, -0.15) is 5.26 Å². The minimum Gasteiger partial charge on any atom is -0.321 e. The number of hydrogen-bond acceptors (Lipinski definition) is 4. The van der Waals surface area contributed by atoms with Crippen LogP contribution in [0.2, 0.25) is 5.02 Å². The van der Waals surface area contributed by atoms with Gasteiger partial charge in [-0.3, -0.25) is 14.6 Å². The normalized spacial score (nSPS) is 11.0. The van der Waals surface area contributed by atoms with Gasteiger partial charge < -0.3 is 4.98 Å². The fourth-order valence-electron chi connectivity index (χ4n) is 3.29. The summed E-state index contributed by atoms with van der Waals surface area (Å²) in [6, 6.07) is 14.8. The molecule has 0 saturated heterocycles. The molecule has 7 heteroatoms. The molecule has 2 heterocycles. The molecule has 4 rings (SSSR count). The van der Waals surface area contributed by atoms with Gasteiger partial charge in [-0.15, -0.1) is 0 Å². The summed E-state index contributed by atoms with van der Waals surface area (Å²) in [6.07, 6.45) is 5.05. The molecule has 5 nitrogen and oxygen atoms in total. The number of nitrogens with one attached hydrogen (secondary N) is 1. The van der Waals surface area contributed by atoms with Crippen LogP contribution in [0.3, 0.4) is 0 Å². The number of nitrogens with zero attached hydrogens (tertiary/aromatic N) is 2. The summed E-state index contributed by atoms with van der Waals surface area (Å²) in [4.78, 5) is 32.4. The largest absolute Gasteiger partial charge is 0.321 e. The quantitative estimate of drug-likeness (QED) is 0.359. The highest BCUT2D eigenvalue weighted by Gasteiger charge is 2.19. The minimum absolute atomic E-state index is 0.0833. The Balaban J connectivity index is 1.93. The fourth-order valence-corrected chi connectivity index (χ4v) is 3.46. The third-order valence-electron chi connectivity index (χ3n) is 4.68. The number of pyridine rings is 2. The average molecular weight is 430 g/mol. The van der Waals surface area contributed by atoms with Crippen LogP contribution in [-0.2, 0) is 0 Å². The Morgan fingerprint density at radius 1 is 1.13 bits per heavy atom. The summed E-state index contributed by atoms with van der Waals surface area (Å²) >= 11 is 6.18. The monoisotopic (exact) mass is 429 g/mol. The van der Waals surface area contributed by atoms with Crippen molar-refractivity contribution in [2.75, 3.05) is 0 Å². The van der Waals surface area contributed by atoms with Crippen molar-refractivity contribution in [2.45, 2.75) is 0 Å². The maximum atomic E-state index is 13.4. The topological polar surface area (TPSA) is 86.6 Å². The van der Waals surface area contributed by atoms with Crippen LogP contribution in [0.4, 0.5) is 4.39 Å². The van der Waals surface area contributed by atoms with Gasteiger partial charge in [-0.05, 0) is 59.7 Å². The first kappa shape index (κ1) is 20.2. The van der Waals surface area contributed by atoms with Gasteiger partial charge in [0.05, 0.1) is 23.4 Å². The molecule has 0 bridgehead atoms. The molecule has 31 heavy (non-hydrogen) atoms. The van der Waals surface area contributed by atoms with Crippen molar-refractivity contribution < 1.29 is 9.18 Å². The zero-order chi connectivity index (χ0) is 22.0. The predicted octanol–water partition coefficient (Wildman–Crippen LogP) is 5.15. The first-order valence-corrected chi connectivity index (χ1v) is 9.53. The SMILES string of the molecule is N#Cc1ccc(-c2c(C(=O)/C=C/c3cncc(F)c3)c(=O)[nH]c3ccc(Cl)cc23)cc1. The summed E-state index contributed by atoms with van der Waals surface area (Å²) in [6.45, 7) is 0. The Morgan fingerprint density at radius 3 is 2.61 bits per heavy atom. The van der Waals surface area contributed by atoms with E-state index in [2.05, 4.69) is 9.97 Å². The highest BCUT2D eigenvalue weighted by molar-refractivity contribution is 6.31. The lowest BCUT2D eigenvalue weighted by molar-refractivity contribution is 0.104. The van der Waals surface area contributed by atoms with Crippen molar-refractivity contribution in [3.05, 3.63) is 105 Å². The number of fused-ring (bicyclic) bond motifs is 1. The number of carbonyl (C=O) groups excluding carboxylic acids is 1. The summed E-state index contributed by atoms with van der Waals surface area (Å²) in [5.41, 5.74) is 1.68. The van der Waals surface area contributed by atoms with E-state index >= 15 is 0 Å². The smallest absolute Gasteiger partial charge is 0.260 e. The number of rotatable bonds is 4. The van der Waals surface area contributed by atoms with E-state index in [0.717, 1.165) is 6.20 Å². The molecule has 150 valence electrons. The van der Waals surface area contributed by atoms with Crippen LogP contribution in [0.15, 0.2) is 71.8 Å². The summed E-state index contributed by atoms with van der Waals surface area (Å²) < 4.78 is 13.4. The zero-order valence-electron chi connectivity index (χ0n) is 15.9. The van der Waals surface area contributed by atoms with Crippen molar-refractivity contribution in [2.24, 2.45) is 0 Å². The Morgan fingerprint density at radius 2 is 1.90 bits per heavy atom. The van der Waals surface area contributed by atoms with E-state index in [9.17, 15) is 14.0 Å². The van der Waals surface area contributed by atoms with Crippen LogP contribution in [-0.4, -0.2) is 15.8 Å². The van der Waals surface area contributed by atoms with Crippen molar-refractivity contribution in [1.82, 2.24) is 9.97 Å². The standard InChI is InChI=1S/C24H13ClFN3O2/c25-17-6-7-20-19(10-17)22(16-4-1-14(11-27)2-5-16)23(24(31)29-20)21(30)8-3-15-9-18(26)13-28-12-15/h1-10,12-13H,(H,29,31)/b8-3+. The van der Waals surface area contributed by atoms with Crippen LogP contribution in [0.25, 0.3) is 28.1 Å². The molecule has 0 radical (unpaired) electrons. The Hall–Kier alpha value is -4.08. The summed E-state index contributed by atoms with van der Waals surface area (Å²) in [7, 11) is 0. The third-order valence-corrected chi connectivity index (χ3v) is 4.91. The van der Waals surface area contributed by atoms with Gasteiger partial charge >= 0.3 is 0 Å². The molecular weight excluding hydrogens is 417 g/mol. The molecule has 0 fully saturated rings. The first-order chi connectivity index (χ1) is 15.0. The van der Waals surface area contributed by atoms with Gasteiger partial charge in [0.15, 0.2) is 5.78 Å². The maximum absolute atomic E-state index is 13.4. The number of nitriles is 1. The van der Waals surface area contributed by atoms with Crippen molar-refractivity contribution in [3.63, 3.8) is 0 Å². The molecule has 0 spiro atoms. The van der Waals surface area contributed by atoms with Crippen LogP contribution in [0, 0.1) is 17.1 Å². The van der Waals surface area contributed by atoms with Crippen molar-refractivity contribution in [1.29, 1.82) is 5.26 Å². The molecule has 0 amide bonds. The second-order valence-electron chi connectivity index (χ2n) is 6.72. The number of H-pyrrole nitrogens is 1. The van der Waals surface area contributed by atoms with Crippen LogP contribution in [0.1, 0.15) is 21.5 Å². The lowest BCUT2D eigenvalue weighted by Crippen LogP contribution is -2.18. The van der Waals surface area contributed by atoms with Gasteiger partial charge in [0.25, 0.3) is 5.56 Å². The number of halogens is 2. The van der Waals surface area contributed by atoms with E-state index < -0.39 is 17.2 Å². The Labute approximate surface area is 181 Å². The highest BCUT2D eigenvalue weighted by atomic mass is 35.5.